The van der Waals surface area contributed by atoms with Gasteiger partial charge in [-0.15, -0.1) is 0 Å². The van der Waals surface area contributed by atoms with Crippen LogP contribution in [0.2, 0.25) is 0 Å². The van der Waals surface area contributed by atoms with Crippen molar-refractivity contribution in [2.24, 2.45) is 23.7 Å². The number of nitrogens with zero attached hydrogens (tertiary/aromatic N) is 2. The minimum atomic E-state index is 0.143. The molecule has 15 rings (SSSR count). The molecular formula is C58H50N2. The molecule has 5 unspecified atom stereocenters. The third-order valence-corrected chi connectivity index (χ3v) is 17.0. The summed E-state index contributed by atoms with van der Waals surface area (Å²) in [6, 6.07) is 61.2. The quantitative estimate of drug-likeness (QED) is 0.173. The molecule has 0 N–H and O–H groups in total. The second-order valence-electron chi connectivity index (χ2n) is 19.6. The Morgan fingerprint density at radius 3 is 1.77 bits per heavy atom. The highest BCUT2D eigenvalue weighted by molar-refractivity contribution is 6.09. The van der Waals surface area contributed by atoms with Crippen LogP contribution in [0.15, 0.2) is 158 Å². The molecule has 292 valence electrons. The second kappa shape index (κ2) is 12.4. The molecule has 5 saturated carbocycles. The fourth-order valence-electron chi connectivity index (χ4n) is 15.0. The summed E-state index contributed by atoms with van der Waals surface area (Å²) in [6.45, 7) is 0. The summed E-state index contributed by atoms with van der Waals surface area (Å²) in [4.78, 5) is 2.58. The first-order chi connectivity index (χ1) is 29.7. The van der Waals surface area contributed by atoms with Gasteiger partial charge in [0.05, 0.1) is 11.0 Å². The number of aromatic nitrogens is 1. The van der Waals surface area contributed by atoms with Gasteiger partial charge in [-0.3, -0.25) is 0 Å². The van der Waals surface area contributed by atoms with Gasteiger partial charge in [0.2, 0.25) is 0 Å². The van der Waals surface area contributed by atoms with Crippen LogP contribution < -0.4 is 4.90 Å². The SMILES string of the molecule is c1cc(N(c2ccc3c(c2)-c2ccccc2C32CCCC2)c2ccc3c(c2)-c2ccccc2C32C3CCC4CC(C3)CC2C4)cc(-n2c3ccccc3c3ccccc32)c1. The highest BCUT2D eigenvalue weighted by Gasteiger charge is 2.59. The molecule has 7 aromatic carbocycles. The minimum absolute atomic E-state index is 0.143. The summed E-state index contributed by atoms with van der Waals surface area (Å²) < 4.78 is 2.47. The molecule has 4 bridgehead atoms. The van der Waals surface area contributed by atoms with E-state index in [2.05, 4.69) is 167 Å². The fourth-order valence-corrected chi connectivity index (χ4v) is 15.0. The summed E-state index contributed by atoms with van der Waals surface area (Å²) in [7, 11) is 0. The molecule has 5 fully saturated rings. The lowest BCUT2D eigenvalue weighted by Gasteiger charge is -2.53. The zero-order valence-corrected chi connectivity index (χ0v) is 34.3. The maximum absolute atomic E-state index is 2.60. The Kier molecular flexibility index (Phi) is 6.98. The molecule has 0 radical (unpaired) electrons. The Morgan fingerprint density at radius 2 is 1.00 bits per heavy atom. The predicted molar refractivity (Wildman–Crippen MR) is 248 cm³/mol. The van der Waals surface area contributed by atoms with Crippen molar-refractivity contribution in [1.29, 1.82) is 0 Å². The molecule has 8 aromatic rings. The second-order valence-corrected chi connectivity index (χ2v) is 19.6. The summed E-state index contributed by atoms with van der Waals surface area (Å²) in [5, 5.41) is 2.58. The highest BCUT2D eigenvalue weighted by Crippen LogP contribution is 2.68. The van der Waals surface area contributed by atoms with E-state index >= 15 is 0 Å². The molecule has 1 heterocycles. The molecular weight excluding hydrogens is 725 g/mol. The van der Waals surface area contributed by atoms with Crippen molar-refractivity contribution in [3.8, 4) is 27.9 Å². The molecule has 2 heteroatoms. The topological polar surface area (TPSA) is 8.17 Å². The average Bonchev–Trinajstić information content (AvgIpc) is 4.02. The van der Waals surface area contributed by atoms with Gasteiger partial charge in [-0.25, -0.2) is 0 Å². The molecule has 5 atom stereocenters. The molecule has 2 spiro atoms. The van der Waals surface area contributed by atoms with E-state index in [-0.39, 0.29) is 10.8 Å². The highest BCUT2D eigenvalue weighted by atomic mass is 15.1. The molecule has 60 heavy (non-hydrogen) atoms. The molecule has 0 amide bonds. The zero-order valence-electron chi connectivity index (χ0n) is 34.3. The largest absolute Gasteiger partial charge is 0.310 e. The first kappa shape index (κ1) is 33.9. The van der Waals surface area contributed by atoms with Crippen molar-refractivity contribution >= 4 is 38.9 Å². The number of hydrogen-bond donors (Lipinski definition) is 0. The lowest BCUT2D eigenvalue weighted by molar-refractivity contribution is 0.0618. The van der Waals surface area contributed by atoms with Crippen LogP contribution in [0, 0.1) is 23.7 Å². The van der Waals surface area contributed by atoms with E-state index in [1.54, 1.807) is 16.7 Å². The van der Waals surface area contributed by atoms with Crippen LogP contribution in [0.5, 0.6) is 0 Å². The molecule has 1 aromatic heterocycles. The summed E-state index contributed by atoms with van der Waals surface area (Å²) >= 11 is 0. The monoisotopic (exact) mass is 774 g/mol. The summed E-state index contributed by atoms with van der Waals surface area (Å²) in [5.41, 5.74) is 19.7. The smallest absolute Gasteiger partial charge is 0.0541 e. The van der Waals surface area contributed by atoms with Gasteiger partial charge in [0.1, 0.15) is 0 Å². The van der Waals surface area contributed by atoms with Crippen LogP contribution in [-0.4, -0.2) is 4.57 Å². The van der Waals surface area contributed by atoms with E-state index in [1.807, 2.05) is 0 Å². The Bertz CT molecular complexity index is 3000. The number of para-hydroxylation sites is 2. The van der Waals surface area contributed by atoms with Gasteiger partial charge in [-0.2, -0.15) is 0 Å². The lowest BCUT2D eigenvalue weighted by Crippen LogP contribution is -2.48. The van der Waals surface area contributed by atoms with E-state index in [1.165, 1.54) is 137 Å². The van der Waals surface area contributed by atoms with Gasteiger partial charge in [-0.1, -0.05) is 122 Å². The Morgan fingerprint density at radius 1 is 0.433 bits per heavy atom. The zero-order chi connectivity index (χ0) is 39.2. The van der Waals surface area contributed by atoms with Crippen LogP contribution in [0.4, 0.5) is 17.1 Å². The van der Waals surface area contributed by atoms with Crippen molar-refractivity contribution in [3.63, 3.8) is 0 Å². The van der Waals surface area contributed by atoms with Crippen molar-refractivity contribution < 1.29 is 0 Å². The molecule has 7 aliphatic carbocycles. The predicted octanol–water partition coefficient (Wildman–Crippen LogP) is 15.2. The maximum Gasteiger partial charge on any atom is 0.0541 e. The standard InChI is InChI=1S/C58H50N2/c1-5-18-51-45(14-1)49-35-43(24-26-52(49)57(51)28-9-10-29-57)59(41-12-11-13-42(34-41)60-55-20-7-3-16-47(55)48-17-4-8-21-56(48)60)44-25-27-54-50(36-44)46-15-2-6-19-53(46)58(54)39-23-22-37-30-38(32-39)33-40(58)31-37/h1-8,11-21,24-27,34-40H,9-10,22-23,28-33H2. The molecule has 2 nitrogen and oxygen atoms in total. The number of rotatable bonds is 4. The molecule has 7 aliphatic rings. The third-order valence-electron chi connectivity index (χ3n) is 17.0. The van der Waals surface area contributed by atoms with Crippen LogP contribution in [0.25, 0.3) is 49.7 Å². The Balaban J connectivity index is 0.990. The van der Waals surface area contributed by atoms with Gasteiger partial charge < -0.3 is 9.47 Å². The van der Waals surface area contributed by atoms with Crippen LogP contribution >= 0.6 is 0 Å². The van der Waals surface area contributed by atoms with Gasteiger partial charge in [-0.05, 0) is 168 Å². The first-order valence-electron chi connectivity index (χ1n) is 23.1. The fraction of sp³-hybridized carbons (Fsp3) is 0.276. The van der Waals surface area contributed by atoms with E-state index in [0.29, 0.717) is 0 Å². The summed E-state index contributed by atoms with van der Waals surface area (Å²) in [6.07, 6.45) is 13.6. The van der Waals surface area contributed by atoms with Crippen molar-refractivity contribution in [2.75, 3.05) is 4.90 Å². The van der Waals surface area contributed by atoms with Gasteiger partial charge in [0, 0.05) is 44.4 Å². The average molecular weight is 775 g/mol. The van der Waals surface area contributed by atoms with Crippen LogP contribution in [0.3, 0.4) is 0 Å². The van der Waals surface area contributed by atoms with Crippen molar-refractivity contribution in [2.45, 2.75) is 75.0 Å². The number of fused-ring (bicyclic) bond motifs is 12. The van der Waals surface area contributed by atoms with E-state index < -0.39 is 0 Å². The third kappa shape index (κ3) is 4.40. The number of hydrogen-bond acceptors (Lipinski definition) is 1. The minimum Gasteiger partial charge on any atom is -0.310 e. The Labute approximate surface area is 353 Å². The Hall–Kier alpha value is -5.86. The van der Waals surface area contributed by atoms with Gasteiger partial charge >= 0.3 is 0 Å². The van der Waals surface area contributed by atoms with Gasteiger partial charge in [0.15, 0.2) is 0 Å². The lowest BCUT2D eigenvalue weighted by atomic mass is 9.51. The van der Waals surface area contributed by atoms with Crippen molar-refractivity contribution in [1.82, 2.24) is 4.57 Å². The normalized spacial score (nSPS) is 24.9. The van der Waals surface area contributed by atoms with Crippen LogP contribution in [0.1, 0.15) is 86.5 Å². The van der Waals surface area contributed by atoms with E-state index in [0.717, 1.165) is 23.7 Å². The number of anilines is 3. The van der Waals surface area contributed by atoms with Gasteiger partial charge in [0.25, 0.3) is 0 Å². The summed E-state index contributed by atoms with van der Waals surface area (Å²) in [5.74, 6) is 3.32. The number of benzene rings is 7. The molecule has 0 saturated heterocycles. The maximum atomic E-state index is 2.60. The molecule has 0 aliphatic heterocycles. The van der Waals surface area contributed by atoms with E-state index in [4.69, 9.17) is 0 Å². The van der Waals surface area contributed by atoms with Crippen molar-refractivity contribution in [3.05, 3.63) is 180 Å². The first-order valence-corrected chi connectivity index (χ1v) is 23.1. The van der Waals surface area contributed by atoms with Crippen LogP contribution in [-0.2, 0) is 10.8 Å². The van der Waals surface area contributed by atoms with E-state index in [9.17, 15) is 0 Å².